The Morgan fingerprint density at radius 2 is 2.00 bits per heavy atom. The summed E-state index contributed by atoms with van der Waals surface area (Å²) in [5.41, 5.74) is 1.44. The fourth-order valence-electron chi connectivity index (χ4n) is 1.79. The number of nitrogens with zero attached hydrogens (tertiary/aromatic N) is 2. The summed E-state index contributed by atoms with van der Waals surface area (Å²) >= 11 is 5.97. The van der Waals surface area contributed by atoms with E-state index in [9.17, 15) is 4.79 Å². The number of carbonyl (C=O) groups is 1. The Bertz CT molecular complexity index is 514. The summed E-state index contributed by atoms with van der Waals surface area (Å²) in [4.78, 5) is 12.3. The average Bonchev–Trinajstić information content (AvgIpc) is 2.68. The first-order valence-corrected chi connectivity index (χ1v) is 5.75. The quantitative estimate of drug-likeness (QED) is 0.783. The van der Waals surface area contributed by atoms with Crippen LogP contribution < -0.4 is 0 Å². The minimum Gasteiger partial charge on any atom is -0.292 e. The van der Waals surface area contributed by atoms with Crippen LogP contribution in [0.5, 0.6) is 0 Å². The fourth-order valence-corrected chi connectivity index (χ4v) is 2.05. The number of benzene rings is 1. The topological polar surface area (TPSA) is 34.9 Å². The SMILES string of the molecule is CC(C(=O)c1c(Cl)cnn1C)c1ccccc1. The molecule has 88 valence electrons. The van der Waals surface area contributed by atoms with Crippen molar-refractivity contribution >= 4 is 17.4 Å². The van der Waals surface area contributed by atoms with Gasteiger partial charge in [0.15, 0.2) is 5.78 Å². The molecule has 0 saturated carbocycles. The van der Waals surface area contributed by atoms with Crippen molar-refractivity contribution in [2.75, 3.05) is 0 Å². The van der Waals surface area contributed by atoms with E-state index < -0.39 is 0 Å². The summed E-state index contributed by atoms with van der Waals surface area (Å²) in [7, 11) is 1.72. The molecule has 0 bridgehead atoms. The maximum absolute atomic E-state index is 12.3. The van der Waals surface area contributed by atoms with Gasteiger partial charge in [0, 0.05) is 13.0 Å². The molecule has 0 aliphatic rings. The van der Waals surface area contributed by atoms with Gasteiger partial charge in [-0.1, -0.05) is 48.9 Å². The van der Waals surface area contributed by atoms with Crippen molar-refractivity contribution in [3.05, 3.63) is 52.8 Å². The Morgan fingerprint density at radius 3 is 2.53 bits per heavy atom. The number of rotatable bonds is 3. The van der Waals surface area contributed by atoms with Crippen LogP contribution in [0.2, 0.25) is 5.02 Å². The van der Waals surface area contributed by atoms with Crippen molar-refractivity contribution in [2.24, 2.45) is 7.05 Å². The monoisotopic (exact) mass is 248 g/mol. The van der Waals surface area contributed by atoms with Crippen molar-refractivity contribution in [1.82, 2.24) is 9.78 Å². The molecule has 2 rings (SSSR count). The summed E-state index contributed by atoms with van der Waals surface area (Å²) in [6, 6.07) is 9.64. The molecule has 1 unspecified atom stereocenters. The van der Waals surface area contributed by atoms with Crippen LogP contribution in [0.1, 0.15) is 28.9 Å². The molecule has 17 heavy (non-hydrogen) atoms. The number of hydrogen-bond donors (Lipinski definition) is 0. The highest BCUT2D eigenvalue weighted by Gasteiger charge is 2.22. The Balaban J connectivity index is 2.33. The van der Waals surface area contributed by atoms with Crippen LogP contribution in [0.4, 0.5) is 0 Å². The molecule has 1 atom stereocenters. The van der Waals surface area contributed by atoms with E-state index in [2.05, 4.69) is 5.10 Å². The first kappa shape index (κ1) is 11.9. The summed E-state index contributed by atoms with van der Waals surface area (Å²) in [5, 5.41) is 4.38. The maximum atomic E-state index is 12.3. The summed E-state index contributed by atoms with van der Waals surface area (Å²) in [6.07, 6.45) is 1.49. The highest BCUT2D eigenvalue weighted by Crippen LogP contribution is 2.24. The fraction of sp³-hybridized carbons (Fsp3) is 0.231. The van der Waals surface area contributed by atoms with Gasteiger partial charge in [-0.3, -0.25) is 9.48 Å². The van der Waals surface area contributed by atoms with Gasteiger partial charge in [-0.15, -0.1) is 0 Å². The van der Waals surface area contributed by atoms with E-state index in [0.29, 0.717) is 10.7 Å². The van der Waals surface area contributed by atoms with E-state index in [1.807, 2.05) is 37.3 Å². The van der Waals surface area contributed by atoms with E-state index in [1.54, 1.807) is 7.05 Å². The minimum absolute atomic E-state index is 0.0128. The lowest BCUT2D eigenvalue weighted by molar-refractivity contribution is 0.0957. The molecule has 1 aromatic heterocycles. The van der Waals surface area contributed by atoms with Crippen LogP contribution in [0, 0.1) is 0 Å². The Kier molecular flexibility index (Phi) is 3.29. The van der Waals surface area contributed by atoms with Crippen LogP contribution >= 0.6 is 11.6 Å². The molecule has 1 heterocycles. The first-order chi connectivity index (χ1) is 8.11. The standard InChI is InChI=1S/C13H13ClN2O/c1-9(10-6-4-3-5-7-10)13(17)12-11(14)8-15-16(12)2/h3-9H,1-2H3. The van der Waals surface area contributed by atoms with Gasteiger partial charge in [-0.25, -0.2) is 0 Å². The van der Waals surface area contributed by atoms with E-state index >= 15 is 0 Å². The molecule has 0 aliphatic heterocycles. The Hall–Kier alpha value is -1.61. The molecule has 4 heteroatoms. The smallest absolute Gasteiger partial charge is 0.189 e. The van der Waals surface area contributed by atoms with Crippen molar-refractivity contribution in [3.63, 3.8) is 0 Å². The third kappa shape index (κ3) is 2.24. The second-order valence-electron chi connectivity index (χ2n) is 3.96. The molecule has 3 nitrogen and oxygen atoms in total. The van der Waals surface area contributed by atoms with Crippen LogP contribution in [-0.4, -0.2) is 15.6 Å². The third-order valence-corrected chi connectivity index (χ3v) is 3.10. The minimum atomic E-state index is -0.218. The zero-order valence-corrected chi connectivity index (χ0v) is 10.5. The molecule has 0 fully saturated rings. The van der Waals surface area contributed by atoms with Gasteiger partial charge in [0.25, 0.3) is 0 Å². The lowest BCUT2D eigenvalue weighted by Gasteiger charge is -2.11. The van der Waals surface area contributed by atoms with E-state index in [4.69, 9.17) is 11.6 Å². The Labute approximate surface area is 105 Å². The van der Waals surface area contributed by atoms with Crippen LogP contribution in [0.3, 0.4) is 0 Å². The first-order valence-electron chi connectivity index (χ1n) is 5.38. The maximum Gasteiger partial charge on any atom is 0.189 e. The van der Waals surface area contributed by atoms with Crippen LogP contribution in [0.15, 0.2) is 36.5 Å². The third-order valence-electron chi connectivity index (χ3n) is 2.82. The van der Waals surface area contributed by atoms with Gasteiger partial charge >= 0.3 is 0 Å². The Morgan fingerprint density at radius 1 is 1.35 bits per heavy atom. The summed E-state index contributed by atoms with van der Waals surface area (Å²) in [5.74, 6) is -0.231. The molecule has 2 aromatic rings. The van der Waals surface area contributed by atoms with Gasteiger partial charge in [0.1, 0.15) is 5.69 Å². The number of aryl methyl sites for hydroxylation is 1. The predicted octanol–water partition coefficient (Wildman–Crippen LogP) is 3.06. The molecular weight excluding hydrogens is 236 g/mol. The second-order valence-corrected chi connectivity index (χ2v) is 4.37. The van der Waals surface area contributed by atoms with Crippen molar-refractivity contribution in [1.29, 1.82) is 0 Å². The molecular formula is C13H13ClN2O. The number of carbonyl (C=O) groups excluding carboxylic acids is 1. The molecule has 0 saturated heterocycles. The number of hydrogen-bond acceptors (Lipinski definition) is 2. The zero-order chi connectivity index (χ0) is 12.4. The summed E-state index contributed by atoms with van der Waals surface area (Å²) < 4.78 is 1.52. The number of aromatic nitrogens is 2. The van der Waals surface area contributed by atoms with E-state index in [-0.39, 0.29) is 11.7 Å². The van der Waals surface area contributed by atoms with Gasteiger partial charge in [0.05, 0.1) is 11.2 Å². The number of ketones is 1. The van der Waals surface area contributed by atoms with Crippen LogP contribution in [-0.2, 0) is 7.05 Å². The van der Waals surface area contributed by atoms with Crippen molar-refractivity contribution < 1.29 is 4.79 Å². The normalized spacial score (nSPS) is 12.4. The van der Waals surface area contributed by atoms with Crippen molar-refractivity contribution in [3.8, 4) is 0 Å². The van der Waals surface area contributed by atoms with Gasteiger partial charge in [0.2, 0.25) is 0 Å². The second kappa shape index (κ2) is 4.72. The van der Waals surface area contributed by atoms with Gasteiger partial charge in [-0.05, 0) is 5.56 Å². The van der Waals surface area contributed by atoms with Gasteiger partial charge < -0.3 is 0 Å². The van der Waals surface area contributed by atoms with E-state index in [0.717, 1.165) is 5.56 Å². The van der Waals surface area contributed by atoms with Crippen LogP contribution in [0.25, 0.3) is 0 Å². The lowest BCUT2D eigenvalue weighted by Crippen LogP contribution is -2.14. The number of halogens is 1. The molecule has 0 radical (unpaired) electrons. The highest BCUT2D eigenvalue weighted by atomic mass is 35.5. The molecule has 0 amide bonds. The zero-order valence-electron chi connectivity index (χ0n) is 9.72. The summed E-state index contributed by atoms with van der Waals surface area (Å²) in [6.45, 7) is 1.88. The molecule has 0 spiro atoms. The molecule has 0 N–H and O–H groups in total. The highest BCUT2D eigenvalue weighted by molar-refractivity contribution is 6.33. The molecule has 0 aliphatic carbocycles. The lowest BCUT2D eigenvalue weighted by atomic mass is 9.95. The van der Waals surface area contributed by atoms with E-state index in [1.165, 1.54) is 10.9 Å². The largest absolute Gasteiger partial charge is 0.292 e. The number of Topliss-reactive ketones (excluding diaryl/α,β-unsaturated/α-hetero) is 1. The molecule has 1 aromatic carbocycles. The predicted molar refractivity (Wildman–Crippen MR) is 67.4 cm³/mol. The average molecular weight is 249 g/mol. The van der Waals surface area contributed by atoms with Crippen molar-refractivity contribution in [2.45, 2.75) is 12.8 Å². The van der Waals surface area contributed by atoms with Gasteiger partial charge in [-0.2, -0.15) is 5.10 Å².